The second-order valence-electron chi connectivity index (χ2n) is 5.00. The minimum atomic E-state index is -0.366. The molecule has 2 rings (SSSR count). The van der Waals surface area contributed by atoms with Crippen molar-refractivity contribution in [3.63, 3.8) is 0 Å². The minimum Gasteiger partial charge on any atom is -0.299 e. The Morgan fingerprint density at radius 2 is 2.05 bits per heavy atom. The predicted octanol–water partition coefficient (Wildman–Crippen LogP) is 3.94. The average molecular weight is 293 g/mol. The van der Waals surface area contributed by atoms with Gasteiger partial charge in [-0.25, -0.2) is 4.39 Å². The van der Waals surface area contributed by atoms with E-state index in [0.717, 1.165) is 17.7 Å². The van der Waals surface area contributed by atoms with E-state index in [2.05, 4.69) is 16.8 Å². The third-order valence-corrected chi connectivity index (χ3v) is 3.86. The van der Waals surface area contributed by atoms with Crippen molar-refractivity contribution < 1.29 is 4.39 Å². The molecule has 0 amide bonds. The van der Waals surface area contributed by atoms with Gasteiger partial charge >= 0.3 is 0 Å². The molecule has 0 unspecified atom stereocenters. The van der Waals surface area contributed by atoms with Crippen molar-refractivity contribution in [1.82, 2.24) is 9.88 Å². The molecule has 4 heteroatoms. The predicted molar refractivity (Wildman–Crippen MR) is 80.3 cm³/mol. The molecule has 0 radical (unpaired) electrons. The highest BCUT2D eigenvalue weighted by molar-refractivity contribution is 6.31. The van der Waals surface area contributed by atoms with Crippen LogP contribution in [0.5, 0.6) is 0 Å². The van der Waals surface area contributed by atoms with Gasteiger partial charge in [0.2, 0.25) is 0 Å². The van der Waals surface area contributed by atoms with E-state index in [4.69, 9.17) is 11.6 Å². The maximum Gasteiger partial charge on any atom is 0.142 e. The van der Waals surface area contributed by atoms with Crippen molar-refractivity contribution in [2.45, 2.75) is 25.9 Å². The van der Waals surface area contributed by atoms with Crippen molar-refractivity contribution >= 4 is 11.6 Å². The molecule has 0 aliphatic rings. The summed E-state index contributed by atoms with van der Waals surface area (Å²) in [5, 5.41) is 0.212. The lowest BCUT2D eigenvalue weighted by Crippen LogP contribution is -2.30. The van der Waals surface area contributed by atoms with Gasteiger partial charge in [-0.05, 0) is 37.7 Å². The lowest BCUT2D eigenvalue weighted by atomic mass is 10.1. The van der Waals surface area contributed by atoms with Crippen LogP contribution in [0, 0.1) is 5.82 Å². The molecule has 2 aromatic rings. The summed E-state index contributed by atoms with van der Waals surface area (Å²) in [6.07, 6.45) is 2.65. The van der Waals surface area contributed by atoms with E-state index in [-0.39, 0.29) is 10.8 Å². The maximum atomic E-state index is 13.4. The SMILES string of the molecule is C[C@@H](Cc1ccccn1)N(C)Cc1cccc(F)c1Cl. The first kappa shape index (κ1) is 14.9. The fraction of sp³-hybridized carbons (Fsp3) is 0.312. The fourth-order valence-electron chi connectivity index (χ4n) is 2.07. The monoisotopic (exact) mass is 292 g/mol. The second-order valence-corrected chi connectivity index (χ2v) is 5.38. The van der Waals surface area contributed by atoms with E-state index in [1.807, 2.05) is 31.3 Å². The highest BCUT2D eigenvalue weighted by atomic mass is 35.5. The Kier molecular flexibility index (Phi) is 5.10. The molecule has 2 nitrogen and oxygen atoms in total. The quantitative estimate of drug-likeness (QED) is 0.830. The summed E-state index contributed by atoms with van der Waals surface area (Å²) in [5.74, 6) is -0.366. The topological polar surface area (TPSA) is 16.1 Å². The summed E-state index contributed by atoms with van der Waals surface area (Å²) < 4.78 is 13.4. The highest BCUT2D eigenvalue weighted by Gasteiger charge is 2.13. The van der Waals surface area contributed by atoms with Gasteiger partial charge in [0.1, 0.15) is 5.82 Å². The lowest BCUT2D eigenvalue weighted by Gasteiger charge is -2.25. The van der Waals surface area contributed by atoms with Crippen molar-refractivity contribution in [3.05, 3.63) is 64.7 Å². The zero-order valence-corrected chi connectivity index (χ0v) is 12.4. The van der Waals surface area contributed by atoms with Gasteiger partial charge in [0.05, 0.1) is 5.02 Å². The highest BCUT2D eigenvalue weighted by Crippen LogP contribution is 2.21. The molecule has 0 saturated carbocycles. The first-order valence-electron chi connectivity index (χ1n) is 6.61. The number of rotatable bonds is 5. The number of hydrogen-bond acceptors (Lipinski definition) is 2. The molecule has 0 aliphatic carbocycles. The van der Waals surface area contributed by atoms with E-state index >= 15 is 0 Å². The van der Waals surface area contributed by atoms with Gasteiger partial charge in [0.15, 0.2) is 0 Å². The minimum absolute atomic E-state index is 0.212. The molecular weight excluding hydrogens is 275 g/mol. The van der Waals surface area contributed by atoms with Crippen molar-refractivity contribution in [2.24, 2.45) is 0 Å². The van der Waals surface area contributed by atoms with Gasteiger partial charge in [-0.2, -0.15) is 0 Å². The number of benzene rings is 1. The Hall–Kier alpha value is -1.45. The van der Waals surface area contributed by atoms with Crippen LogP contribution in [0.3, 0.4) is 0 Å². The van der Waals surface area contributed by atoms with Crippen LogP contribution in [0.15, 0.2) is 42.6 Å². The van der Waals surface area contributed by atoms with Crippen LogP contribution in [0.2, 0.25) is 5.02 Å². The standard InChI is InChI=1S/C16H18ClFN2/c1-12(10-14-7-3-4-9-19-14)20(2)11-13-6-5-8-15(18)16(13)17/h3-9,12H,10-11H2,1-2H3/t12-/m0/s1. The molecule has 0 spiro atoms. The number of nitrogens with zero attached hydrogens (tertiary/aromatic N) is 2. The van der Waals surface area contributed by atoms with Crippen LogP contribution in [0.4, 0.5) is 4.39 Å². The molecule has 0 aliphatic heterocycles. The number of aromatic nitrogens is 1. The molecule has 1 atom stereocenters. The largest absolute Gasteiger partial charge is 0.299 e. The number of halogens is 2. The van der Waals surface area contributed by atoms with Crippen molar-refractivity contribution in [1.29, 1.82) is 0 Å². The van der Waals surface area contributed by atoms with Gasteiger partial charge in [0.25, 0.3) is 0 Å². The van der Waals surface area contributed by atoms with E-state index in [1.165, 1.54) is 6.07 Å². The van der Waals surface area contributed by atoms with Crippen molar-refractivity contribution in [3.8, 4) is 0 Å². The molecule has 0 fully saturated rings. The van der Waals surface area contributed by atoms with Crippen LogP contribution in [0.25, 0.3) is 0 Å². The Bertz CT molecular complexity index is 560. The molecule has 0 saturated heterocycles. The zero-order chi connectivity index (χ0) is 14.5. The smallest absolute Gasteiger partial charge is 0.142 e. The Balaban J connectivity index is 2.01. The molecule has 106 valence electrons. The molecule has 0 bridgehead atoms. The fourth-order valence-corrected chi connectivity index (χ4v) is 2.26. The van der Waals surface area contributed by atoms with Gasteiger partial charge in [-0.3, -0.25) is 9.88 Å². The zero-order valence-electron chi connectivity index (χ0n) is 11.7. The number of pyridine rings is 1. The lowest BCUT2D eigenvalue weighted by molar-refractivity contribution is 0.246. The van der Waals surface area contributed by atoms with Gasteiger partial charge in [-0.15, -0.1) is 0 Å². The van der Waals surface area contributed by atoms with Crippen LogP contribution in [-0.2, 0) is 13.0 Å². The summed E-state index contributed by atoms with van der Waals surface area (Å²) in [6.45, 7) is 2.74. The molecular formula is C16H18ClFN2. The van der Waals surface area contributed by atoms with Crippen LogP contribution >= 0.6 is 11.6 Å². The Labute approximate surface area is 124 Å². The molecule has 1 aromatic heterocycles. The third kappa shape index (κ3) is 3.78. The van der Waals surface area contributed by atoms with Crippen molar-refractivity contribution in [2.75, 3.05) is 7.05 Å². The van der Waals surface area contributed by atoms with Gasteiger partial charge in [0, 0.05) is 30.9 Å². The van der Waals surface area contributed by atoms with Crippen LogP contribution in [0.1, 0.15) is 18.2 Å². The Morgan fingerprint density at radius 1 is 1.25 bits per heavy atom. The third-order valence-electron chi connectivity index (χ3n) is 3.43. The summed E-state index contributed by atoms with van der Waals surface area (Å²) in [7, 11) is 2.01. The second kappa shape index (κ2) is 6.82. The van der Waals surface area contributed by atoms with Crippen LogP contribution in [-0.4, -0.2) is 23.0 Å². The molecule has 1 aromatic carbocycles. The van der Waals surface area contributed by atoms with E-state index in [1.54, 1.807) is 12.3 Å². The maximum absolute atomic E-state index is 13.4. The summed E-state index contributed by atoms with van der Waals surface area (Å²) in [4.78, 5) is 6.48. The molecule has 20 heavy (non-hydrogen) atoms. The van der Waals surface area contributed by atoms with E-state index in [9.17, 15) is 4.39 Å². The van der Waals surface area contributed by atoms with Gasteiger partial charge in [-0.1, -0.05) is 29.8 Å². The van der Waals surface area contributed by atoms with Gasteiger partial charge < -0.3 is 0 Å². The normalized spacial score (nSPS) is 12.7. The molecule has 1 heterocycles. The summed E-state index contributed by atoms with van der Waals surface area (Å²) in [6, 6.07) is 11.1. The van der Waals surface area contributed by atoms with E-state index < -0.39 is 0 Å². The molecule has 0 N–H and O–H groups in total. The van der Waals surface area contributed by atoms with E-state index in [0.29, 0.717) is 12.6 Å². The Morgan fingerprint density at radius 3 is 2.75 bits per heavy atom. The first-order chi connectivity index (χ1) is 9.58. The summed E-state index contributed by atoms with van der Waals surface area (Å²) >= 11 is 5.99. The average Bonchev–Trinajstić information content (AvgIpc) is 2.45. The van der Waals surface area contributed by atoms with Crippen LogP contribution < -0.4 is 0 Å². The summed E-state index contributed by atoms with van der Waals surface area (Å²) in [5.41, 5.74) is 1.86. The number of hydrogen-bond donors (Lipinski definition) is 0. The number of likely N-dealkylation sites (N-methyl/N-ethyl adjacent to an activating group) is 1. The first-order valence-corrected chi connectivity index (χ1v) is 6.98.